The fraction of sp³-hybridized carbons (Fsp3) is 0.167. The van der Waals surface area contributed by atoms with E-state index in [1.807, 2.05) is 19.1 Å². The van der Waals surface area contributed by atoms with Crippen LogP contribution in [0.15, 0.2) is 51.1 Å². The lowest BCUT2D eigenvalue weighted by Gasteiger charge is -2.11. The van der Waals surface area contributed by atoms with Crippen LogP contribution in [0.5, 0.6) is 5.88 Å². The first-order valence-corrected chi connectivity index (χ1v) is 9.36. The van der Waals surface area contributed by atoms with Crippen LogP contribution in [0, 0.1) is 6.92 Å². The van der Waals surface area contributed by atoms with Crippen LogP contribution in [-0.4, -0.2) is 20.4 Å². The second kappa shape index (κ2) is 6.71. The molecule has 0 aliphatic carbocycles. The molecule has 0 radical (unpaired) electrons. The number of hydrogen-bond acceptors (Lipinski definition) is 6. The predicted molar refractivity (Wildman–Crippen MR) is 105 cm³/mol. The minimum Gasteiger partial charge on any atom is -0.493 e. The number of nitrogens with zero attached hydrogens (tertiary/aromatic N) is 2. The molecule has 7 nitrogen and oxygen atoms in total. The van der Waals surface area contributed by atoms with Crippen LogP contribution < -0.4 is 16.7 Å². The number of rotatable bonds is 3. The number of benzene rings is 1. The van der Waals surface area contributed by atoms with E-state index in [-0.39, 0.29) is 11.6 Å². The van der Waals surface area contributed by atoms with Crippen molar-refractivity contribution in [1.29, 1.82) is 0 Å². The number of aromatic nitrogens is 2. The maximum absolute atomic E-state index is 12.4. The van der Waals surface area contributed by atoms with E-state index in [1.165, 1.54) is 10.9 Å². The molecule has 2 aromatic heterocycles. The van der Waals surface area contributed by atoms with Gasteiger partial charge in [0.25, 0.3) is 5.56 Å². The first-order chi connectivity index (χ1) is 12.9. The molecule has 0 unspecified atom stereocenters. The number of hydrazone groups is 1. The third-order valence-electron chi connectivity index (χ3n) is 4.30. The average Bonchev–Trinajstić information content (AvgIpc) is 3.24. The van der Waals surface area contributed by atoms with Crippen LogP contribution in [0.3, 0.4) is 0 Å². The minimum absolute atomic E-state index is 0.0298. The zero-order valence-electron chi connectivity index (χ0n) is 14.2. The molecule has 3 N–H and O–H groups in total. The van der Waals surface area contributed by atoms with Crippen LogP contribution in [0.2, 0.25) is 5.02 Å². The monoisotopic (exact) mass is 402 g/mol. The molecular weight excluding hydrogens is 388 g/mol. The van der Waals surface area contributed by atoms with E-state index in [0.29, 0.717) is 22.8 Å². The van der Waals surface area contributed by atoms with E-state index in [0.717, 1.165) is 9.44 Å². The molecule has 27 heavy (non-hydrogen) atoms. The SMILES string of the molecule is Cc1ccc([C@@H]2CC(c3c(O)n(-c4cccc(Cl)c4)c(=O)[nH]c3=O)=NN2)s1. The molecule has 138 valence electrons. The molecule has 1 aromatic carbocycles. The summed E-state index contributed by atoms with van der Waals surface area (Å²) in [7, 11) is 0. The van der Waals surface area contributed by atoms with Gasteiger partial charge in [-0.1, -0.05) is 17.7 Å². The summed E-state index contributed by atoms with van der Waals surface area (Å²) in [6.07, 6.45) is 0.421. The number of aryl methyl sites for hydroxylation is 1. The number of aromatic amines is 1. The molecule has 9 heteroatoms. The maximum atomic E-state index is 12.4. The zero-order chi connectivity index (χ0) is 19.1. The average molecular weight is 403 g/mol. The molecule has 1 aliphatic rings. The van der Waals surface area contributed by atoms with E-state index in [9.17, 15) is 14.7 Å². The third-order valence-corrected chi connectivity index (χ3v) is 5.65. The largest absolute Gasteiger partial charge is 0.493 e. The highest BCUT2D eigenvalue weighted by atomic mass is 35.5. The first kappa shape index (κ1) is 17.6. The lowest BCUT2D eigenvalue weighted by molar-refractivity contribution is 0.429. The minimum atomic E-state index is -0.750. The standard InChI is InChI=1S/C18H15ClN4O3S/c1-9-5-6-14(27-9)12-8-13(22-21-12)15-16(24)20-18(26)23(17(15)25)11-4-2-3-10(19)7-11/h2-7,12,21,25H,8H2,1H3,(H,20,24,26)/t12-/m0/s1. The molecule has 1 aliphatic heterocycles. The van der Waals surface area contributed by atoms with E-state index < -0.39 is 17.1 Å². The second-order valence-electron chi connectivity index (χ2n) is 6.17. The van der Waals surface area contributed by atoms with E-state index in [4.69, 9.17) is 11.6 Å². The zero-order valence-corrected chi connectivity index (χ0v) is 15.8. The Kier molecular flexibility index (Phi) is 4.37. The number of halogens is 1. The van der Waals surface area contributed by atoms with E-state index >= 15 is 0 Å². The Morgan fingerprint density at radius 3 is 2.81 bits per heavy atom. The van der Waals surface area contributed by atoms with Crippen molar-refractivity contribution >= 4 is 28.6 Å². The Morgan fingerprint density at radius 2 is 2.11 bits per heavy atom. The molecule has 0 spiro atoms. The van der Waals surface area contributed by atoms with Gasteiger partial charge in [0, 0.05) is 21.2 Å². The fourth-order valence-electron chi connectivity index (χ4n) is 3.04. The van der Waals surface area contributed by atoms with E-state index in [2.05, 4.69) is 15.5 Å². The van der Waals surface area contributed by atoms with Crippen molar-refractivity contribution in [3.63, 3.8) is 0 Å². The van der Waals surface area contributed by atoms with Gasteiger partial charge in [-0.3, -0.25) is 9.78 Å². The number of hydrogen-bond donors (Lipinski definition) is 3. The Bertz CT molecular complexity index is 1180. The highest BCUT2D eigenvalue weighted by Gasteiger charge is 2.28. The van der Waals surface area contributed by atoms with Crippen LogP contribution in [0.1, 0.15) is 27.8 Å². The van der Waals surface area contributed by atoms with Gasteiger partial charge in [0.1, 0.15) is 5.56 Å². The highest BCUT2D eigenvalue weighted by molar-refractivity contribution is 7.12. The van der Waals surface area contributed by atoms with Crippen LogP contribution in [0.4, 0.5) is 0 Å². The summed E-state index contributed by atoms with van der Waals surface area (Å²) in [6, 6.07) is 10.4. The van der Waals surface area contributed by atoms with Gasteiger partial charge in [0.2, 0.25) is 5.88 Å². The van der Waals surface area contributed by atoms with Gasteiger partial charge in [-0.25, -0.2) is 9.36 Å². The van der Waals surface area contributed by atoms with Crippen molar-refractivity contribution in [2.75, 3.05) is 0 Å². The van der Waals surface area contributed by atoms with Gasteiger partial charge < -0.3 is 10.5 Å². The molecule has 4 rings (SSSR count). The second-order valence-corrected chi connectivity index (χ2v) is 7.92. The summed E-state index contributed by atoms with van der Waals surface area (Å²) in [6.45, 7) is 2.02. The topological polar surface area (TPSA) is 99.5 Å². The van der Waals surface area contributed by atoms with Crippen LogP contribution >= 0.6 is 22.9 Å². The van der Waals surface area contributed by atoms with Gasteiger partial charge in [0.05, 0.1) is 17.4 Å². The van der Waals surface area contributed by atoms with Gasteiger partial charge >= 0.3 is 5.69 Å². The van der Waals surface area contributed by atoms with Crippen molar-refractivity contribution in [1.82, 2.24) is 15.0 Å². The Hall–Kier alpha value is -2.84. The smallest absolute Gasteiger partial charge is 0.335 e. The number of nitrogens with one attached hydrogen (secondary N) is 2. The summed E-state index contributed by atoms with van der Waals surface area (Å²) >= 11 is 7.63. The highest BCUT2D eigenvalue weighted by Crippen LogP contribution is 2.30. The number of thiophene rings is 1. The Morgan fingerprint density at radius 1 is 1.30 bits per heavy atom. The van der Waals surface area contributed by atoms with Crippen molar-refractivity contribution in [3.05, 3.63) is 77.6 Å². The summed E-state index contributed by atoms with van der Waals surface area (Å²) in [5.41, 5.74) is 2.27. The molecule has 0 amide bonds. The molecular formula is C18H15ClN4O3S. The van der Waals surface area contributed by atoms with E-state index in [1.54, 1.807) is 29.5 Å². The Labute approximate surface area is 162 Å². The van der Waals surface area contributed by atoms with Crippen LogP contribution in [0.25, 0.3) is 5.69 Å². The molecule has 0 bridgehead atoms. The summed E-state index contributed by atoms with van der Waals surface area (Å²) in [5.74, 6) is -0.463. The lowest BCUT2D eigenvalue weighted by atomic mass is 10.1. The molecule has 3 aromatic rings. The number of H-pyrrole nitrogens is 1. The normalized spacial score (nSPS) is 16.2. The fourth-order valence-corrected chi connectivity index (χ4v) is 4.15. The summed E-state index contributed by atoms with van der Waals surface area (Å²) in [4.78, 5) is 29.2. The Balaban J connectivity index is 1.77. The summed E-state index contributed by atoms with van der Waals surface area (Å²) < 4.78 is 1.01. The molecule has 0 fully saturated rings. The first-order valence-electron chi connectivity index (χ1n) is 8.17. The molecule has 1 atom stereocenters. The van der Waals surface area contributed by atoms with Crippen molar-refractivity contribution in [3.8, 4) is 11.6 Å². The summed E-state index contributed by atoms with van der Waals surface area (Å²) in [5, 5.41) is 15.3. The van der Waals surface area contributed by atoms with Gasteiger partial charge in [-0.15, -0.1) is 11.3 Å². The predicted octanol–water partition coefficient (Wildman–Crippen LogP) is 2.69. The third kappa shape index (κ3) is 3.17. The lowest BCUT2D eigenvalue weighted by Crippen LogP contribution is -2.33. The van der Waals surface area contributed by atoms with Gasteiger partial charge in [0.15, 0.2) is 0 Å². The maximum Gasteiger partial charge on any atom is 0.335 e. The van der Waals surface area contributed by atoms with Crippen molar-refractivity contribution in [2.24, 2.45) is 5.10 Å². The van der Waals surface area contributed by atoms with Gasteiger partial charge in [-0.2, -0.15) is 5.10 Å². The molecule has 3 heterocycles. The van der Waals surface area contributed by atoms with Crippen molar-refractivity contribution < 1.29 is 5.11 Å². The molecule has 0 saturated heterocycles. The quantitative estimate of drug-likeness (QED) is 0.627. The van der Waals surface area contributed by atoms with Crippen LogP contribution in [-0.2, 0) is 0 Å². The van der Waals surface area contributed by atoms with Crippen molar-refractivity contribution in [2.45, 2.75) is 19.4 Å². The molecule has 0 saturated carbocycles. The van der Waals surface area contributed by atoms with Gasteiger partial charge in [-0.05, 0) is 37.3 Å². The number of aromatic hydroxyl groups is 1.